The van der Waals surface area contributed by atoms with Crippen molar-refractivity contribution in [1.29, 1.82) is 0 Å². The van der Waals surface area contributed by atoms with Gasteiger partial charge in [-0.1, -0.05) is 18.2 Å². The van der Waals surface area contributed by atoms with Crippen molar-refractivity contribution in [1.82, 2.24) is 14.8 Å². The van der Waals surface area contributed by atoms with Gasteiger partial charge in [-0.15, -0.1) is 0 Å². The van der Waals surface area contributed by atoms with Crippen LogP contribution in [-0.2, 0) is 12.6 Å². The molecule has 2 saturated heterocycles. The highest BCUT2D eigenvalue weighted by molar-refractivity contribution is 5.94. The van der Waals surface area contributed by atoms with E-state index in [4.69, 9.17) is 10.5 Å². The maximum absolute atomic E-state index is 14.1. The van der Waals surface area contributed by atoms with Crippen LogP contribution in [0, 0.1) is 5.82 Å². The number of rotatable bonds is 7. The number of aromatic nitrogens is 1. The van der Waals surface area contributed by atoms with Gasteiger partial charge >= 0.3 is 6.18 Å². The molecule has 1 amide bonds. The highest BCUT2D eigenvalue weighted by atomic mass is 19.4. The number of anilines is 1. The van der Waals surface area contributed by atoms with Gasteiger partial charge in [-0.05, 0) is 74.7 Å². The predicted molar refractivity (Wildman–Crippen MR) is 144 cm³/mol. The second-order valence-electron chi connectivity index (χ2n) is 10.3. The highest BCUT2D eigenvalue weighted by Crippen LogP contribution is 2.34. The van der Waals surface area contributed by atoms with Gasteiger partial charge in [-0.2, -0.15) is 13.2 Å². The number of nitrogen functional groups attached to an aromatic ring is 1. The van der Waals surface area contributed by atoms with Crippen LogP contribution in [0.2, 0.25) is 0 Å². The monoisotopic (exact) mass is 556 g/mol. The number of carbonyl (C=O) groups is 1. The van der Waals surface area contributed by atoms with Gasteiger partial charge in [-0.3, -0.25) is 4.79 Å². The quantitative estimate of drug-likeness (QED) is 0.372. The molecule has 0 unspecified atom stereocenters. The number of halogens is 4. The maximum atomic E-state index is 14.1. The number of hydrogen-bond donors (Lipinski definition) is 1. The third-order valence-electron chi connectivity index (χ3n) is 7.79. The molecule has 0 saturated carbocycles. The molecule has 0 spiro atoms. The van der Waals surface area contributed by atoms with Crippen LogP contribution in [0.5, 0.6) is 5.75 Å². The lowest BCUT2D eigenvalue weighted by atomic mass is 10.0. The summed E-state index contributed by atoms with van der Waals surface area (Å²) in [6, 6.07) is 12.3. The number of nitrogens with zero attached hydrogens (tertiary/aromatic N) is 3. The molecule has 40 heavy (non-hydrogen) atoms. The Hall–Kier alpha value is -3.66. The van der Waals surface area contributed by atoms with Crippen LogP contribution in [-0.4, -0.2) is 59.5 Å². The Morgan fingerprint density at radius 1 is 1.00 bits per heavy atom. The first-order valence-electron chi connectivity index (χ1n) is 13.6. The molecule has 3 heterocycles. The van der Waals surface area contributed by atoms with E-state index in [1.165, 1.54) is 12.8 Å². The van der Waals surface area contributed by atoms with Gasteiger partial charge in [-0.25, -0.2) is 9.37 Å². The fourth-order valence-corrected chi connectivity index (χ4v) is 5.60. The Balaban J connectivity index is 1.21. The minimum Gasteiger partial charge on any atom is -0.489 e. The average Bonchev–Trinajstić information content (AvgIpc) is 3.49. The van der Waals surface area contributed by atoms with Crippen molar-refractivity contribution in [2.24, 2.45) is 0 Å². The number of nitrogens with two attached hydrogens (primary N) is 1. The Labute approximate surface area is 230 Å². The summed E-state index contributed by atoms with van der Waals surface area (Å²) < 4.78 is 59.6. The lowest BCUT2D eigenvalue weighted by Gasteiger charge is -2.36. The fourth-order valence-electron chi connectivity index (χ4n) is 5.60. The van der Waals surface area contributed by atoms with Crippen LogP contribution >= 0.6 is 0 Å². The van der Waals surface area contributed by atoms with E-state index in [0.717, 1.165) is 62.8 Å². The third kappa shape index (κ3) is 6.22. The number of piperidine rings is 1. The molecule has 10 heteroatoms. The molecule has 5 rings (SSSR count). The summed E-state index contributed by atoms with van der Waals surface area (Å²) in [6.45, 7) is 3.61. The summed E-state index contributed by atoms with van der Waals surface area (Å²) in [5, 5.41) is 0. The van der Waals surface area contributed by atoms with E-state index in [2.05, 4.69) is 9.88 Å². The minimum absolute atomic E-state index is 0.0113. The molecule has 2 aromatic carbocycles. The zero-order chi connectivity index (χ0) is 28.3. The van der Waals surface area contributed by atoms with Gasteiger partial charge in [0.15, 0.2) is 11.6 Å². The van der Waals surface area contributed by atoms with Crippen LogP contribution in [0.25, 0.3) is 11.1 Å². The lowest BCUT2D eigenvalue weighted by molar-refractivity contribution is -0.138. The van der Waals surface area contributed by atoms with E-state index >= 15 is 0 Å². The van der Waals surface area contributed by atoms with Crippen LogP contribution in [0.1, 0.15) is 47.2 Å². The first kappa shape index (κ1) is 27.9. The first-order chi connectivity index (χ1) is 19.2. The zero-order valence-electron chi connectivity index (χ0n) is 22.1. The summed E-state index contributed by atoms with van der Waals surface area (Å²) >= 11 is 0. The second kappa shape index (κ2) is 11.8. The lowest BCUT2D eigenvalue weighted by Crippen LogP contribution is -2.45. The maximum Gasteiger partial charge on any atom is 0.416 e. The average molecular weight is 557 g/mol. The number of pyridine rings is 1. The van der Waals surface area contributed by atoms with Crippen LogP contribution < -0.4 is 10.5 Å². The molecule has 2 N–H and O–H groups in total. The van der Waals surface area contributed by atoms with Crippen molar-refractivity contribution in [3.63, 3.8) is 0 Å². The topological polar surface area (TPSA) is 71.7 Å². The molecule has 0 bridgehead atoms. The third-order valence-corrected chi connectivity index (χ3v) is 7.79. The standard InChI is InChI=1S/C30H32F4N4O2/c31-26-5-3-4-25(30(32,33)34)24(26)12-17-40-27-18-22(19-36-28(27)35)20-6-8-21(9-7-20)29(39)38-15-10-23(11-16-38)37-13-1-2-14-37/h3-9,18-19,23H,1-2,10-17H2,(H2,35,36). The van der Waals surface area contributed by atoms with E-state index in [0.29, 0.717) is 17.2 Å². The highest BCUT2D eigenvalue weighted by Gasteiger charge is 2.34. The number of carbonyl (C=O) groups excluding carboxylic acids is 1. The molecular weight excluding hydrogens is 524 g/mol. The van der Waals surface area contributed by atoms with Crippen LogP contribution in [0.15, 0.2) is 54.7 Å². The number of alkyl halides is 3. The van der Waals surface area contributed by atoms with Gasteiger partial charge in [0.25, 0.3) is 5.91 Å². The van der Waals surface area contributed by atoms with Crippen molar-refractivity contribution in [2.45, 2.75) is 44.3 Å². The van der Waals surface area contributed by atoms with Gasteiger partial charge in [0.1, 0.15) is 5.82 Å². The van der Waals surface area contributed by atoms with Crippen LogP contribution in [0.3, 0.4) is 0 Å². The Bertz CT molecular complexity index is 1330. The Morgan fingerprint density at radius 2 is 1.70 bits per heavy atom. The molecule has 2 fully saturated rings. The fraction of sp³-hybridized carbons (Fsp3) is 0.400. The molecule has 2 aliphatic rings. The van der Waals surface area contributed by atoms with E-state index < -0.39 is 23.1 Å². The Kier molecular flexibility index (Phi) is 8.25. The predicted octanol–water partition coefficient (Wildman–Crippen LogP) is 5.81. The number of amides is 1. The molecular formula is C30H32F4N4O2. The number of likely N-dealkylation sites (tertiary alicyclic amines) is 2. The number of benzene rings is 2. The van der Waals surface area contributed by atoms with E-state index in [1.54, 1.807) is 24.4 Å². The summed E-state index contributed by atoms with van der Waals surface area (Å²) in [5.41, 5.74) is 6.48. The van der Waals surface area contributed by atoms with Crippen molar-refractivity contribution in [3.8, 4) is 16.9 Å². The van der Waals surface area contributed by atoms with Crippen molar-refractivity contribution in [2.75, 3.05) is 38.5 Å². The van der Waals surface area contributed by atoms with E-state index in [1.807, 2.05) is 17.0 Å². The number of hydrogen-bond acceptors (Lipinski definition) is 5. The summed E-state index contributed by atoms with van der Waals surface area (Å²) in [7, 11) is 0. The molecule has 6 nitrogen and oxygen atoms in total. The molecule has 0 aliphatic carbocycles. The second-order valence-corrected chi connectivity index (χ2v) is 10.3. The molecule has 3 aromatic rings. The van der Waals surface area contributed by atoms with Crippen LogP contribution in [0.4, 0.5) is 23.4 Å². The summed E-state index contributed by atoms with van der Waals surface area (Å²) in [6.07, 6.45) is 1.11. The molecule has 2 aliphatic heterocycles. The minimum atomic E-state index is -4.67. The Morgan fingerprint density at radius 3 is 2.38 bits per heavy atom. The van der Waals surface area contributed by atoms with Gasteiger partial charge in [0, 0.05) is 48.4 Å². The van der Waals surface area contributed by atoms with Crippen molar-refractivity contribution >= 4 is 11.7 Å². The van der Waals surface area contributed by atoms with Gasteiger partial charge in [0.2, 0.25) is 0 Å². The largest absolute Gasteiger partial charge is 0.489 e. The SMILES string of the molecule is Nc1ncc(-c2ccc(C(=O)N3CCC(N4CCCC4)CC3)cc2)cc1OCCc1c(F)cccc1C(F)(F)F. The van der Waals surface area contributed by atoms with Gasteiger partial charge in [0.05, 0.1) is 12.2 Å². The number of ether oxygens (including phenoxy) is 1. The summed E-state index contributed by atoms with van der Waals surface area (Å²) in [5.74, 6) is -0.679. The smallest absolute Gasteiger partial charge is 0.416 e. The molecule has 1 aromatic heterocycles. The van der Waals surface area contributed by atoms with Crippen molar-refractivity contribution < 1.29 is 27.1 Å². The van der Waals surface area contributed by atoms with Crippen molar-refractivity contribution in [3.05, 3.63) is 77.2 Å². The van der Waals surface area contributed by atoms with E-state index in [9.17, 15) is 22.4 Å². The van der Waals surface area contributed by atoms with Gasteiger partial charge < -0.3 is 20.3 Å². The normalized spacial score (nSPS) is 16.9. The van der Waals surface area contributed by atoms with E-state index in [-0.39, 0.29) is 30.5 Å². The zero-order valence-corrected chi connectivity index (χ0v) is 22.1. The molecule has 0 radical (unpaired) electrons. The molecule has 212 valence electrons. The molecule has 0 atom stereocenters. The first-order valence-corrected chi connectivity index (χ1v) is 13.6. The summed E-state index contributed by atoms with van der Waals surface area (Å²) in [4.78, 5) is 21.7.